The van der Waals surface area contributed by atoms with Crippen LogP contribution in [0.4, 0.5) is 0 Å². The number of thiazole rings is 1. The summed E-state index contributed by atoms with van der Waals surface area (Å²) in [6.45, 7) is 2.48. The van der Waals surface area contributed by atoms with Crippen LogP contribution in [0.15, 0.2) is 24.3 Å². The quantitative estimate of drug-likeness (QED) is 0.877. The molecule has 2 heterocycles. The van der Waals surface area contributed by atoms with E-state index in [1.807, 2.05) is 31.2 Å². The molecule has 2 fully saturated rings. The van der Waals surface area contributed by atoms with Gasteiger partial charge in [0.15, 0.2) is 0 Å². The van der Waals surface area contributed by atoms with Crippen molar-refractivity contribution in [3.8, 4) is 16.2 Å². The molecular weight excluding hydrogens is 362 g/mol. The molecule has 1 aliphatic carbocycles. The summed E-state index contributed by atoms with van der Waals surface area (Å²) < 4.78 is 5.21. The van der Waals surface area contributed by atoms with Crippen LogP contribution in [0.2, 0.25) is 0 Å². The lowest BCUT2D eigenvalue weighted by molar-refractivity contribution is -0.122. The summed E-state index contributed by atoms with van der Waals surface area (Å²) in [4.78, 5) is 32.5. The fourth-order valence-corrected chi connectivity index (χ4v) is 5.44. The lowest BCUT2D eigenvalue weighted by atomic mass is 9.93. The average Bonchev–Trinajstić information content (AvgIpc) is 3.34. The number of aryl methyl sites for hydroxylation is 1. The van der Waals surface area contributed by atoms with Gasteiger partial charge in [-0.1, -0.05) is 6.42 Å². The van der Waals surface area contributed by atoms with Gasteiger partial charge >= 0.3 is 0 Å². The van der Waals surface area contributed by atoms with Crippen LogP contribution >= 0.6 is 11.3 Å². The highest BCUT2D eigenvalue weighted by molar-refractivity contribution is 7.15. The molecule has 1 aliphatic heterocycles. The summed E-state index contributed by atoms with van der Waals surface area (Å²) in [6, 6.07) is 7.06. The van der Waals surface area contributed by atoms with Crippen LogP contribution < -0.4 is 10.5 Å². The topological polar surface area (TPSA) is 85.5 Å². The minimum atomic E-state index is -0.518. The van der Waals surface area contributed by atoms with Gasteiger partial charge in [-0.05, 0) is 61.4 Å². The van der Waals surface area contributed by atoms with Gasteiger partial charge in [0.25, 0.3) is 5.91 Å². The minimum absolute atomic E-state index is 0.190. The molecule has 1 saturated carbocycles. The summed E-state index contributed by atoms with van der Waals surface area (Å²) in [5.74, 6) is 0.722. The summed E-state index contributed by atoms with van der Waals surface area (Å²) in [5.41, 5.74) is 7.01. The van der Waals surface area contributed by atoms with E-state index in [4.69, 9.17) is 10.5 Å². The zero-order valence-corrected chi connectivity index (χ0v) is 16.3. The Morgan fingerprint density at radius 3 is 2.67 bits per heavy atom. The molecule has 4 rings (SSSR count). The molecule has 142 valence electrons. The van der Waals surface area contributed by atoms with Crippen LogP contribution in [0.3, 0.4) is 0 Å². The Labute approximate surface area is 162 Å². The Kier molecular flexibility index (Phi) is 4.63. The molecule has 0 unspecified atom stereocenters. The molecule has 2 aliphatic rings. The Bertz CT molecular complexity index is 877. The highest BCUT2D eigenvalue weighted by Gasteiger charge is 2.49. The predicted octanol–water partition coefficient (Wildman–Crippen LogP) is 2.85. The number of hydrogen-bond acceptors (Lipinski definition) is 5. The number of carbonyl (C=O) groups excluding carboxylic acids is 2. The first-order valence-corrected chi connectivity index (χ1v) is 10.0. The molecule has 2 aromatic rings. The lowest BCUT2D eigenvalue weighted by Crippen LogP contribution is -2.46. The van der Waals surface area contributed by atoms with Gasteiger partial charge in [0, 0.05) is 6.54 Å². The molecule has 2 amide bonds. The molecule has 6 nitrogen and oxygen atoms in total. The SMILES string of the molecule is COc1ccc(-c2sc(C)nc2C(=O)N2C[C@@H]3CCC[C@@H]3[C@H]2C(N)=O)cc1. The average molecular weight is 385 g/mol. The second-order valence-corrected chi connectivity index (χ2v) is 8.50. The highest BCUT2D eigenvalue weighted by Crippen LogP contribution is 2.43. The van der Waals surface area contributed by atoms with Crippen LogP contribution in [-0.4, -0.2) is 41.4 Å². The third-order valence-electron chi connectivity index (χ3n) is 5.73. The maximum absolute atomic E-state index is 13.4. The van der Waals surface area contributed by atoms with Gasteiger partial charge in [0.1, 0.15) is 17.5 Å². The molecular formula is C20H23N3O3S. The van der Waals surface area contributed by atoms with Crippen molar-refractivity contribution in [3.63, 3.8) is 0 Å². The maximum Gasteiger partial charge on any atom is 0.274 e. The van der Waals surface area contributed by atoms with E-state index in [0.717, 1.165) is 40.5 Å². The molecule has 3 atom stereocenters. The van der Waals surface area contributed by atoms with Gasteiger partial charge < -0.3 is 15.4 Å². The lowest BCUT2D eigenvalue weighted by Gasteiger charge is -2.25. The van der Waals surface area contributed by atoms with E-state index in [1.54, 1.807) is 12.0 Å². The molecule has 0 bridgehead atoms. The van der Waals surface area contributed by atoms with E-state index in [9.17, 15) is 9.59 Å². The van der Waals surface area contributed by atoms with Gasteiger partial charge in [0.2, 0.25) is 5.91 Å². The first-order valence-electron chi connectivity index (χ1n) is 9.21. The Balaban J connectivity index is 1.69. The summed E-state index contributed by atoms with van der Waals surface area (Å²) in [6.07, 6.45) is 3.12. The molecule has 0 radical (unpaired) electrons. The number of primary amides is 1. The molecule has 0 spiro atoms. The van der Waals surface area contributed by atoms with Crippen LogP contribution in [0.1, 0.15) is 34.8 Å². The number of rotatable bonds is 4. The number of fused-ring (bicyclic) bond motifs is 1. The van der Waals surface area contributed by atoms with Crippen molar-refractivity contribution in [3.05, 3.63) is 35.0 Å². The summed E-state index contributed by atoms with van der Waals surface area (Å²) in [7, 11) is 1.62. The monoisotopic (exact) mass is 385 g/mol. The van der Waals surface area contributed by atoms with Gasteiger partial charge in [-0.25, -0.2) is 4.98 Å². The van der Waals surface area contributed by atoms with E-state index in [1.165, 1.54) is 11.3 Å². The molecule has 1 aromatic carbocycles. The van der Waals surface area contributed by atoms with Gasteiger partial charge in [-0.15, -0.1) is 11.3 Å². The first kappa shape index (κ1) is 18.0. The Morgan fingerprint density at radius 2 is 2.00 bits per heavy atom. The van der Waals surface area contributed by atoms with E-state index < -0.39 is 11.9 Å². The molecule has 1 aromatic heterocycles. The standard InChI is InChI=1S/C20H23N3O3S/c1-11-22-16(18(27-11)12-6-8-14(26-2)9-7-12)20(25)23-10-13-4-3-5-15(13)17(23)19(21)24/h6-9,13,15,17H,3-5,10H2,1-2H3,(H2,21,24)/t13-,15-,17-/m0/s1. The number of ether oxygens (including phenoxy) is 1. The van der Waals surface area contributed by atoms with Gasteiger partial charge in [-0.2, -0.15) is 0 Å². The van der Waals surface area contributed by atoms with Crippen LogP contribution in [-0.2, 0) is 4.79 Å². The number of methoxy groups -OCH3 is 1. The van der Waals surface area contributed by atoms with Crippen LogP contribution in [0.5, 0.6) is 5.75 Å². The highest BCUT2D eigenvalue weighted by atomic mass is 32.1. The van der Waals surface area contributed by atoms with Crippen LogP contribution in [0, 0.1) is 18.8 Å². The summed E-state index contributed by atoms with van der Waals surface area (Å²) >= 11 is 1.48. The first-order chi connectivity index (χ1) is 13.0. The minimum Gasteiger partial charge on any atom is -0.497 e. The number of aromatic nitrogens is 1. The normalized spacial score (nSPS) is 24.1. The van der Waals surface area contributed by atoms with E-state index >= 15 is 0 Å². The fourth-order valence-electron chi connectivity index (χ4n) is 4.53. The number of nitrogens with zero attached hydrogens (tertiary/aromatic N) is 2. The van der Waals surface area contributed by atoms with Crippen molar-refractivity contribution in [2.45, 2.75) is 32.2 Å². The van der Waals surface area contributed by atoms with Crippen molar-refractivity contribution < 1.29 is 14.3 Å². The Morgan fingerprint density at radius 1 is 1.26 bits per heavy atom. The zero-order chi connectivity index (χ0) is 19.1. The van der Waals surface area contributed by atoms with Gasteiger partial charge in [-0.3, -0.25) is 9.59 Å². The number of hydrogen-bond donors (Lipinski definition) is 1. The zero-order valence-electron chi connectivity index (χ0n) is 15.5. The van der Waals surface area contributed by atoms with Crippen molar-refractivity contribution in [2.75, 3.05) is 13.7 Å². The van der Waals surface area contributed by atoms with Crippen molar-refractivity contribution >= 4 is 23.2 Å². The van der Waals surface area contributed by atoms with Crippen LogP contribution in [0.25, 0.3) is 10.4 Å². The molecule has 27 heavy (non-hydrogen) atoms. The molecule has 1 saturated heterocycles. The predicted molar refractivity (Wildman–Crippen MR) is 104 cm³/mol. The number of benzene rings is 1. The fraction of sp³-hybridized carbons (Fsp3) is 0.450. The van der Waals surface area contributed by atoms with Gasteiger partial charge in [0.05, 0.1) is 17.0 Å². The molecule has 2 N–H and O–H groups in total. The maximum atomic E-state index is 13.4. The second kappa shape index (κ2) is 6.96. The third-order valence-corrected chi connectivity index (χ3v) is 6.75. The summed E-state index contributed by atoms with van der Waals surface area (Å²) in [5, 5.41) is 0.819. The van der Waals surface area contributed by atoms with E-state index in [2.05, 4.69) is 4.98 Å². The van der Waals surface area contributed by atoms with Crippen molar-refractivity contribution in [2.24, 2.45) is 17.6 Å². The van der Waals surface area contributed by atoms with E-state index in [0.29, 0.717) is 18.2 Å². The van der Waals surface area contributed by atoms with Crippen molar-refractivity contribution in [1.29, 1.82) is 0 Å². The van der Waals surface area contributed by atoms with E-state index in [-0.39, 0.29) is 11.8 Å². The Hall–Kier alpha value is -2.41. The smallest absolute Gasteiger partial charge is 0.274 e. The number of nitrogens with two attached hydrogens (primary N) is 1. The third kappa shape index (κ3) is 3.10. The number of amides is 2. The number of likely N-dealkylation sites (tertiary alicyclic amines) is 1. The second-order valence-electron chi connectivity index (χ2n) is 7.30. The van der Waals surface area contributed by atoms with Crippen molar-refractivity contribution in [1.82, 2.24) is 9.88 Å². The largest absolute Gasteiger partial charge is 0.497 e. The molecule has 7 heteroatoms. The number of carbonyl (C=O) groups is 2.